The van der Waals surface area contributed by atoms with E-state index in [4.69, 9.17) is 4.74 Å². The first-order chi connectivity index (χ1) is 11.6. The third-order valence-corrected chi connectivity index (χ3v) is 3.89. The molecule has 0 spiro atoms. The Kier molecular flexibility index (Phi) is 4.93. The molecule has 1 heterocycles. The number of halogens is 2. The van der Waals surface area contributed by atoms with Crippen LogP contribution in [0, 0.1) is 5.92 Å². The van der Waals surface area contributed by atoms with Crippen LogP contribution in [0.5, 0.6) is 11.5 Å². The van der Waals surface area contributed by atoms with Crippen molar-refractivity contribution >= 4 is 5.91 Å². The Labute approximate surface area is 138 Å². The van der Waals surface area contributed by atoms with Gasteiger partial charge in [0.25, 0.3) is 0 Å². The number of para-hydroxylation sites is 2. The van der Waals surface area contributed by atoms with E-state index in [0.29, 0.717) is 18.6 Å². The Balaban J connectivity index is 1.61. The number of ether oxygens (including phenoxy) is 2. The fourth-order valence-corrected chi connectivity index (χ4v) is 2.68. The summed E-state index contributed by atoms with van der Waals surface area (Å²) in [5.74, 6) is 0.398. The molecule has 0 fully saturated rings. The van der Waals surface area contributed by atoms with Crippen LogP contribution in [0.4, 0.5) is 8.78 Å². The van der Waals surface area contributed by atoms with E-state index in [2.05, 4.69) is 10.1 Å². The number of hydrogen-bond donors (Lipinski definition) is 1. The SMILES string of the molecule is O=C(NCc1ccccc1OC(F)F)C1COc2ccccc2C1. The van der Waals surface area contributed by atoms with Gasteiger partial charge in [0.2, 0.25) is 5.91 Å². The summed E-state index contributed by atoms with van der Waals surface area (Å²) in [6.07, 6.45) is 0.594. The highest BCUT2D eigenvalue weighted by molar-refractivity contribution is 5.79. The summed E-state index contributed by atoms with van der Waals surface area (Å²) >= 11 is 0. The highest BCUT2D eigenvalue weighted by Crippen LogP contribution is 2.27. The molecule has 2 aromatic rings. The van der Waals surface area contributed by atoms with E-state index in [1.54, 1.807) is 18.2 Å². The average Bonchev–Trinajstić information content (AvgIpc) is 2.60. The van der Waals surface area contributed by atoms with E-state index in [-0.39, 0.29) is 24.1 Å². The maximum absolute atomic E-state index is 12.4. The number of alkyl halides is 2. The van der Waals surface area contributed by atoms with E-state index in [1.165, 1.54) is 6.07 Å². The smallest absolute Gasteiger partial charge is 0.387 e. The molecular formula is C18H17F2NO3. The van der Waals surface area contributed by atoms with Crippen LogP contribution >= 0.6 is 0 Å². The van der Waals surface area contributed by atoms with Gasteiger partial charge in [-0.2, -0.15) is 8.78 Å². The van der Waals surface area contributed by atoms with Crippen molar-refractivity contribution < 1.29 is 23.0 Å². The number of carbonyl (C=O) groups is 1. The van der Waals surface area contributed by atoms with Gasteiger partial charge in [-0.25, -0.2) is 0 Å². The molecule has 4 nitrogen and oxygen atoms in total. The molecule has 0 radical (unpaired) electrons. The molecule has 0 saturated heterocycles. The lowest BCUT2D eigenvalue weighted by Gasteiger charge is -2.24. The summed E-state index contributed by atoms with van der Waals surface area (Å²) in [7, 11) is 0. The summed E-state index contributed by atoms with van der Waals surface area (Å²) in [5, 5.41) is 2.77. The van der Waals surface area contributed by atoms with E-state index >= 15 is 0 Å². The lowest BCUT2D eigenvalue weighted by Crippen LogP contribution is -2.37. The van der Waals surface area contributed by atoms with Gasteiger partial charge in [0.05, 0.1) is 5.92 Å². The van der Waals surface area contributed by atoms with Crippen LogP contribution in [-0.4, -0.2) is 19.1 Å². The van der Waals surface area contributed by atoms with Crippen molar-refractivity contribution in [2.75, 3.05) is 6.61 Å². The van der Waals surface area contributed by atoms with Gasteiger partial charge in [0.1, 0.15) is 18.1 Å². The molecule has 1 aliphatic rings. The molecule has 0 aliphatic carbocycles. The van der Waals surface area contributed by atoms with E-state index in [0.717, 1.165) is 11.3 Å². The second kappa shape index (κ2) is 7.29. The van der Waals surface area contributed by atoms with Crippen molar-refractivity contribution in [2.24, 2.45) is 5.92 Å². The third-order valence-electron chi connectivity index (χ3n) is 3.89. The monoisotopic (exact) mass is 333 g/mol. The van der Waals surface area contributed by atoms with Crippen LogP contribution in [0.15, 0.2) is 48.5 Å². The molecule has 126 valence electrons. The highest BCUT2D eigenvalue weighted by Gasteiger charge is 2.25. The number of rotatable bonds is 5. The van der Waals surface area contributed by atoms with Gasteiger partial charge < -0.3 is 14.8 Å². The minimum absolute atomic E-state index is 0.0676. The van der Waals surface area contributed by atoms with Crippen molar-refractivity contribution in [1.29, 1.82) is 0 Å². The maximum atomic E-state index is 12.4. The summed E-state index contributed by atoms with van der Waals surface area (Å²) in [5.41, 5.74) is 1.49. The molecular weight excluding hydrogens is 316 g/mol. The number of nitrogens with one attached hydrogen (secondary N) is 1. The number of amides is 1. The molecule has 1 unspecified atom stereocenters. The van der Waals surface area contributed by atoms with Gasteiger partial charge >= 0.3 is 6.61 Å². The summed E-state index contributed by atoms with van der Waals surface area (Å²) in [4.78, 5) is 12.3. The van der Waals surface area contributed by atoms with Crippen molar-refractivity contribution in [3.63, 3.8) is 0 Å². The summed E-state index contributed by atoms with van der Waals surface area (Å²) < 4.78 is 34.9. The summed E-state index contributed by atoms with van der Waals surface area (Å²) in [6.45, 7) is -2.47. The molecule has 6 heteroatoms. The first kappa shape index (κ1) is 16.2. The van der Waals surface area contributed by atoms with Crippen molar-refractivity contribution in [3.05, 3.63) is 59.7 Å². The van der Waals surface area contributed by atoms with Gasteiger partial charge in [0.15, 0.2) is 0 Å². The number of benzene rings is 2. The minimum Gasteiger partial charge on any atom is -0.492 e. The predicted octanol–water partition coefficient (Wildman–Crippen LogP) is 3.16. The van der Waals surface area contributed by atoms with Gasteiger partial charge in [-0.15, -0.1) is 0 Å². The van der Waals surface area contributed by atoms with Crippen LogP contribution in [0.25, 0.3) is 0 Å². The largest absolute Gasteiger partial charge is 0.492 e. The molecule has 24 heavy (non-hydrogen) atoms. The Hall–Kier alpha value is -2.63. The minimum atomic E-state index is -2.90. The topological polar surface area (TPSA) is 47.6 Å². The van der Waals surface area contributed by atoms with Crippen molar-refractivity contribution in [1.82, 2.24) is 5.32 Å². The number of fused-ring (bicyclic) bond motifs is 1. The van der Waals surface area contributed by atoms with Gasteiger partial charge in [-0.3, -0.25) is 4.79 Å². The van der Waals surface area contributed by atoms with Crippen molar-refractivity contribution in [3.8, 4) is 11.5 Å². The lowest BCUT2D eigenvalue weighted by atomic mass is 9.96. The molecule has 3 rings (SSSR count). The zero-order valence-electron chi connectivity index (χ0n) is 12.9. The van der Waals surface area contributed by atoms with Crippen molar-refractivity contribution in [2.45, 2.75) is 19.6 Å². The fourth-order valence-electron chi connectivity index (χ4n) is 2.68. The molecule has 0 bridgehead atoms. The Morgan fingerprint density at radius 1 is 1.21 bits per heavy atom. The normalized spacial score (nSPS) is 16.2. The maximum Gasteiger partial charge on any atom is 0.387 e. The second-order valence-corrected chi connectivity index (χ2v) is 5.52. The van der Waals surface area contributed by atoms with Gasteiger partial charge in [0, 0.05) is 12.1 Å². The van der Waals surface area contributed by atoms with Gasteiger partial charge in [-0.1, -0.05) is 36.4 Å². The van der Waals surface area contributed by atoms with Crippen LogP contribution in [0.3, 0.4) is 0 Å². The fraction of sp³-hybridized carbons (Fsp3) is 0.278. The first-order valence-electron chi connectivity index (χ1n) is 7.64. The molecule has 1 aliphatic heterocycles. The summed E-state index contributed by atoms with van der Waals surface area (Å²) in [6, 6.07) is 14.0. The number of carbonyl (C=O) groups excluding carboxylic acids is 1. The first-order valence-corrected chi connectivity index (χ1v) is 7.64. The molecule has 1 N–H and O–H groups in total. The molecule has 0 saturated carbocycles. The quantitative estimate of drug-likeness (QED) is 0.914. The van der Waals surface area contributed by atoms with E-state index in [9.17, 15) is 13.6 Å². The molecule has 1 amide bonds. The lowest BCUT2D eigenvalue weighted by molar-refractivity contribution is -0.126. The van der Waals surface area contributed by atoms with Crippen LogP contribution in [0.1, 0.15) is 11.1 Å². The third kappa shape index (κ3) is 3.82. The standard InChI is InChI=1S/C18H17F2NO3/c19-18(20)24-16-8-4-2-6-13(16)10-21-17(22)14-9-12-5-1-3-7-15(12)23-11-14/h1-8,14,18H,9-11H2,(H,21,22). The Morgan fingerprint density at radius 3 is 2.79 bits per heavy atom. The number of hydrogen-bond acceptors (Lipinski definition) is 3. The molecule has 0 aromatic heterocycles. The zero-order chi connectivity index (χ0) is 16.9. The van der Waals surface area contributed by atoms with Crippen LogP contribution in [-0.2, 0) is 17.8 Å². The zero-order valence-corrected chi connectivity index (χ0v) is 12.9. The highest BCUT2D eigenvalue weighted by atomic mass is 19.3. The van der Waals surface area contributed by atoms with E-state index < -0.39 is 6.61 Å². The molecule has 1 atom stereocenters. The average molecular weight is 333 g/mol. The Morgan fingerprint density at radius 2 is 1.96 bits per heavy atom. The van der Waals surface area contributed by atoms with Crippen LogP contribution in [0.2, 0.25) is 0 Å². The second-order valence-electron chi connectivity index (χ2n) is 5.52. The molecule has 2 aromatic carbocycles. The van der Waals surface area contributed by atoms with Crippen LogP contribution < -0.4 is 14.8 Å². The van der Waals surface area contributed by atoms with Gasteiger partial charge in [-0.05, 0) is 24.1 Å². The van der Waals surface area contributed by atoms with E-state index in [1.807, 2.05) is 24.3 Å². The Bertz CT molecular complexity index is 721. The predicted molar refractivity (Wildman–Crippen MR) is 84.1 cm³/mol.